The number of thiazole rings is 1. The first kappa shape index (κ1) is 12.9. The largest absolute Gasteiger partial charge is 0.321 e. The molecule has 0 saturated carbocycles. The Morgan fingerprint density at radius 2 is 1.80 bits per heavy atom. The minimum Gasteiger partial charge on any atom is -0.321 e. The molecule has 0 aliphatic heterocycles. The normalized spacial score (nSPS) is 12.2. The maximum absolute atomic E-state index is 6.12. The van der Waals surface area contributed by atoms with Crippen molar-refractivity contribution in [2.24, 2.45) is 5.73 Å². The highest BCUT2D eigenvalue weighted by Crippen LogP contribution is 2.23. The monoisotopic (exact) mass is 282 g/mol. The molecule has 1 atom stereocenters. The lowest BCUT2D eigenvalue weighted by molar-refractivity contribution is 0.664. The predicted molar refractivity (Wildman–Crippen MR) is 80.2 cm³/mol. The summed E-state index contributed by atoms with van der Waals surface area (Å²) in [5.74, 6) is 0.656. The summed E-state index contributed by atoms with van der Waals surface area (Å²) in [6, 6.07) is 11.7. The van der Waals surface area contributed by atoms with E-state index < -0.39 is 0 Å². The lowest BCUT2D eigenvalue weighted by Gasteiger charge is -2.07. The molecule has 2 heterocycles. The molecule has 0 radical (unpaired) electrons. The Hall–Kier alpha value is -2.11. The zero-order valence-electron chi connectivity index (χ0n) is 10.8. The third kappa shape index (κ3) is 2.89. The van der Waals surface area contributed by atoms with Crippen LogP contribution in [-0.4, -0.2) is 15.0 Å². The Morgan fingerprint density at radius 3 is 2.55 bits per heavy atom. The smallest absolute Gasteiger partial charge is 0.145 e. The Kier molecular flexibility index (Phi) is 3.80. The Morgan fingerprint density at radius 1 is 1.05 bits per heavy atom. The van der Waals surface area contributed by atoms with Crippen molar-refractivity contribution in [2.45, 2.75) is 12.5 Å². The summed E-state index contributed by atoms with van der Waals surface area (Å²) >= 11 is 1.62. The van der Waals surface area contributed by atoms with Crippen LogP contribution in [0.4, 0.5) is 0 Å². The van der Waals surface area contributed by atoms with Crippen molar-refractivity contribution >= 4 is 11.3 Å². The van der Waals surface area contributed by atoms with Gasteiger partial charge in [-0.3, -0.25) is 0 Å². The molecule has 2 aromatic heterocycles. The molecule has 3 aromatic rings. The number of hydrogen-bond donors (Lipinski definition) is 1. The Labute approximate surface area is 121 Å². The van der Waals surface area contributed by atoms with Crippen LogP contribution in [0.15, 0.2) is 54.2 Å². The second kappa shape index (κ2) is 5.90. The highest BCUT2D eigenvalue weighted by molar-refractivity contribution is 7.09. The second-order valence-electron chi connectivity index (χ2n) is 4.41. The molecule has 0 aliphatic rings. The van der Waals surface area contributed by atoms with Gasteiger partial charge in [0, 0.05) is 29.8 Å². The number of rotatable bonds is 4. The molecule has 0 amide bonds. The first-order chi connectivity index (χ1) is 9.83. The number of benzene rings is 1. The van der Waals surface area contributed by atoms with Gasteiger partial charge in [-0.2, -0.15) is 0 Å². The fourth-order valence-electron chi connectivity index (χ4n) is 1.93. The van der Waals surface area contributed by atoms with Crippen LogP contribution in [0.3, 0.4) is 0 Å². The van der Waals surface area contributed by atoms with Gasteiger partial charge in [0.25, 0.3) is 0 Å². The Bertz CT molecular complexity index is 667. The molecule has 20 heavy (non-hydrogen) atoms. The number of nitrogens with two attached hydrogens (primary N) is 1. The van der Waals surface area contributed by atoms with Crippen molar-refractivity contribution < 1.29 is 0 Å². The molecule has 0 aliphatic carbocycles. The highest BCUT2D eigenvalue weighted by Gasteiger charge is 2.12. The van der Waals surface area contributed by atoms with Crippen LogP contribution in [0.25, 0.3) is 11.3 Å². The molecule has 0 bridgehead atoms. The first-order valence-electron chi connectivity index (χ1n) is 6.35. The quantitative estimate of drug-likeness (QED) is 0.799. The van der Waals surface area contributed by atoms with Crippen molar-refractivity contribution in [1.82, 2.24) is 15.0 Å². The fraction of sp³-hybridized carbons (Fsp3) is 0.133. The number of aromatic nitrogens is 3. The van der Waals surface area contributed by atoms with Gasteiger partial charge in [0.2, 0.25) is 0 Å². The van der Waals surface area contributed by atoms with E-state index in [1.807, 2.05) is 18.2 Å². The minimum atomic E-state index is -0.217. The van der Waals surface area contributed by atoms with E-state index in [2.05, 4.69) is 32.5 Å². The molecule has 2 N–H and O–H groups in total. The van der Waals surface area contributed by atoms with Crippen molar-refractivity contribution in [1.29, 1.82) is 0 Å². The highest BCUT2D eigenvalue weighted by atomic mass is 32.1. The summed E-state index contributed by atoms with van der Waals surface area (Å²) in [7, 11) is 0. The summed E-state index contributed by atoms with van der Waals surface area (Å²) in [6.45, 7) is 0. The van der Waals surface area contributed by atoms with Gasteiger partial charge < -0.3 is 5.73 Å². The zero-order chi connectivity index (χ0) is 13.8. The van der Waals surface area contributed by atoms with Crippen LogP contribution >= 0.6 is 11.3 Å². The fourth-order valence-corrected chi connectivity index (χ4v) is 2.79. The average Bonchev–Trinajstić information content (AvgIpc) is 2.97. The van der Waals surface area contributed by atoms with Gasteiger partial charge in [0.1, 0.15) is 5.82 Å². The number of nitrogens with zero attached hydrogens (tertiary/aromatic N) is 3. The molecule has 3 rings (SSSR count). The van der Waals surface area contributed by atoms with Crippen molar-refractivity contribution in [3.8, 4) is 11.3 Å². The molecule has 100 valence electrons. The number of hydrogen-bond acceptors (Lipinski definition) is 5. The zero-order valence-corrected chi connectivity index (χ0v) is 11.6. The van der Waals surface area contributed by atoms with Gasteiger partial charge in [-0.25, -0.2) is 15.0 Å². The van der Waals surface area contributed by atoms with E-state index in [-0.39, 0.29) is 6.04 Å². The topological polar surface area (TPSA) is 64.7 Å². The van der Waals surface area contributed by atoms with Gasteiger partial charge in [-0.15, -0.1) is 11.3 Å². The summed E-state index contributed by atoms with van der Waals surface area (Å²) in [4.78, 5) is 13.0. The third-order valence-corrected chi connectivity index (χ3v) is 3.80. The second-order valence-corrected chi connectivity index (χ2v) is 5.35. The average molecular weight is 282 g/mol. The third-order valence-electron chi connectivity index (χ3n) is 2.93. The van der Waals surface area contributed by atoms with E-state index in [4.69, 9.17) is 5.73 Å². The van der Waals surface area contributed by atoms with Gasteiger partial charge in [0.05, 0.1) is 16.7 Å². The summed E-state index contributed by atoms with van der Waals surface area (Å²) in [5.41, 5.74) is 8.23. The molecule has 1 unspecified atom stereocenters. The van der Waals surface area contributed by atoms with E-state index in [1.165, 1.54) is 0 Å². The first-order valence-corrected chi connectivity index (χ1v) is 7.23. The summed E-state index contributed by atoms with van der Waals surface area (Å²) in [5, 5.41) is 3.06. The molecule has 0 spiro atoms. The molecule has 5 heteroatoms. The van der Waals surface area contributed by atoms with Gasteiger partial charge >= 0.3 is 0 Å². The maximum atomic E-state index is 6.12. The Balaban J connectivity index is 1.75. The van der Waals surface area contributed by atoms with Crippen LogP contribution < -0.4 is 5.73 Å². The molecular formula is C15H14N4S. The van der Waals surface area contributed by atoms with Crippen LogP contribution in [-0.2, 0) is 6.42 Å². The molecular weight excluding hydrogens is 268 g/mol. The van der Waals surface area contributed by atoms with E-state index in [9.17, 15) is 0 Å². The van der Waals surface area contributed by atoms with E-state index >= 15 is 0 Å². The van der Waals surface area contributed by atoms with Gasteiger partial charge in [0.15, 0.2) is 0 Å². The van der Waals surface area contributed by atoms with Gasteiger partial charge in [-0.1, -0.05) is 30.3 Å². The van der Waals surface area contributed by atoms with Crippen LogP contribution in [0.5, 0.6) is 0 Å². The van der Waals surface area contributed by atoms with E-state index in [0.717, 1.165) is 16.3 Å². The predicted octanol–water partition coefficient (Wildman–Crippen LogP) is 2.84. The molecule has 4 nitrogen and oxygen atoms in total. The molecule has 0 saturated heterocycles. The maximum Gasteiger partial charge on any atom is 0.145 e. The van der Waals surface area contributed by atoms with Crippen molar-refractivity contribution in [3.63, 3.8) is 0 Å². The summed E-state index contributed by atoms with van der Waals surface area (Å²) in [6.07, 6.45) is 4.07. The van der Waals surface area contributed by atoms with Crippen LogP contribution in [0, 0.1) is 0 Å². The van der Waals surface area contributed by atoms with E-state index in [0.29, 0.717) is 12.2 Å². The van der Waals surface area contributed by atoms with Crippen LogP contribution in [0.1, 0.15) is 16.9 Å². The lowest BCUT2D eigenvalue weighted by atomic mass is 10.2. The standard InChI is InChI=1S/C15H14N4S/c16-12(15-17-7-4-8-18-15)9-14-19-13(10-20-14)11-5-2-1-3-6-11/h1-8,10,12H,9,16H2. The minimum absolute atomic E-state index is 0.217. The van der Waals surface area contributed by atoms with Crippen molar-refractivity contribution in [2.75, 3.05) is 0 Å². The van der Waals surface area contributed by atoms with Gasteiger partial charge in [-0.05, 0) is 6.07 Å². The molecule has 0 fully saturated rings. The van der Waals surface area contributed by atoms with Crippen molar-refractivity contribution in [3.05, 3.63) is 65.0 Å². The molecule has 1 aromatic carbocycles. The summed E-state index contributed by atoms with van der Waals surface area (Å²) < 4.78 is 0. The lowest BCUT2D eigenvalue weighted by Crippen LogP contribution is -2.16. The SMILES string of the molecule is NC(Cc1nc(-c2ccccc2)cs1)c1ncccn1. The van der Waals surface area contributed by atoms with Crippen LogP contribution in [0.2, 0.25) is 0 Å². The van der Waals surface area contributed by atoms with E-state index in [1.54, 1.807) is 29.8 Å².